The van der Waals surface area contributed by atoms with Crippen LogP contribution in [0.3, 0.4) is 0 Å². The van der Waals surface area contributed by atoms with Crippen LogP contribution >= 0.6 is 0 Å². The molecule has 314 valence electrons. The summed E-state index contributed by atoms with van der Waals surface area (Å²) >= 11 is 0. The lowest BCUT2D eigenvalue weighted by Gasteiger charge is -2.37. The highest BCUT2D eigenvalue weighted by Crippen LogP contribution is 2.60. The van der Waals surface area contributed by atoms with Crippen LogP contribution in [0.5, 0.6) is 0 Å². The van der Waals surface area contributed by atoms with E-state index in [2.05, 4.69) is 0 Å². The predicted molar refractivity (Wildman–Crippen MR) is 230 cm³/mol. The maximum Gasteiger partial charge on any atom is 0.264 e. The zero-order chi connectivity index (χ0) is 41.5. The molecule has 11 nitrogen and oxygen atoms in total. The van der Waals surface area contributed by atoms with Crippen molar-refractivity contribution in [1.29, 1.82) is 0 Å². The lowest BCUT2D eigenvalue weighted by molar-refractivity contribution is -0.151. The minimum atomic E-state index is -3.11. The summed E-state index contributed by atoms with van der Waals surface area (Å²) < 4.78 is 7.14. The van der Waals surface area contributed by atoms with Gasteiger partial charge in [-0.25, -0.2) is 0 Å². The molecule has 3 aromatic carbocycles. The van der Waals surface area contributed by atoms with E-state index in [0.29, 0.717) is 50.1 Å². The molecule has 4 amide bonds. The molecule has 1 spiro atoms. The highest BCUT2D eigenvalue weighted by molar-refractivity contribution is 6.71. The summed E-state index contributed by atoms with van der Waals surface area (Å²) in [4.78, 5) is 75.6. The second-order valence-corrected chi connectivity index (χ2v) is 22.0. The number of rotatable bonds is 8. The summed E-state index contributed by atoms with van der Waals surface area (Å²) in [5, 5.41) is 10.4. The van der Waals surface area contributed by atoms with Gasteiger partial charge < -0.3 is 34.2 Å². The second kappa shape index (κ2) is 16.9. The molecule has 8 rings (SSSR count). The van der Waals surface area contributed by atoms with E-state index in [1.807, 2.05) is 96.5 Å². The molecule has 3 fully saturated rings. The zero-order valence-corrected chi connectivity index (χ0v) is 35.9. The van der Waals surface area contributed by atoms with E-state index < -0.39 is 37.5 Å². The van der Waals surface area contributed by atoms with Crippen molar-refractivity contribution in [2.45, 2.75) is 133 Å². The van der Waals surface area contributed by atoms with Crippen molar-refractivity contribution in [2.75, 3.05) is 34.4 Å². The minimum Gasteiger partial charge on any atom is -0.432 e. The number of hydrogen-bond acceptors (Lipinski definition) is 7. The van der Waals surface area contributed by atoms with Crippen molar-refractivity contribution >= 4 is 49.0 Å². The molecular weight excluding hydrogens is 761 g/mol. The van der Waals surface area contributed by atoms with Gasteiger partial charge in [0.2, 0.25) is 17.7 Å². The highest BCUT2D eigenvalue weighted by Gasteiger charge is 2.66. The third-order valence-corrected chi connectivity index (χ3v) is 16.3. The van der Waals surface area contributed by atoms with E-state index in [-0.39, 0.29) is 43.2 Å². The molecule has 0 radical (unpaired) electrons. The summed E-state index contributed by atoms with van der Waals surface area (Å²) in [7, 11) is -3.11. The Morgan fingerprint density at radius 2 is 1.42 bits per heavy atom. The fraction of sp³-hybridized carbons (Fsp3) is 0.532. The van der Waals surface area contributed by atoms with Gasteiger partial charge in [0.1, 0.15) is 0 Å². The van der Waals surface area contributed by atoms with Gasteiger partial charge in [-0.05, 0) is 92.2 Å². The molecule has 3 aromatic rings. The summed E-state index contributed by atoms with van der Waals surface area (Å²) in [5.74, 6) is -0.738. The first-order valence-corrected chi connectivity index (χ1v) is 25.0. The Morgan fingerprint density at radius 1 is 0.814 bits per heavy atom. The number of fused-ring (bicyclic) bond motifs is 3. The van der Waals surface area contributed by atoms with Crippen LogP contribution in [0.2, 0.25) is 18.6 Å². The monoisotopic (exact) mass is 820 g/mol. The van der Waals surface area contributed by atoms with Gasteiger partial charge in [-0.3, -0.25) is 19.2 Å². The Balaban J connectivity index is 1.15. The van der Waals surface area contributed by atoms with Crippen LogP contribution in [0.25, 0.3) is 0 Å². The number of aliphatic hydroxyl groups excluding tert-OH is 1. The Morgan fingerprint density at radius 3 is 2.07 bits per heavy atom. The first-order valence-electron chi connectivity index (χ1n) is 21.9. The average Bonchev–Trinajstić information content (AvgIpc) is 3.63. The molecule has 3 saturated heterocycles. The Bertz CT molecular complexity index is 2070. The van der Waals surface area contributed by atoms with Gasteiger partial charge in [-0.15, -0.1) is 0 Å². The number of nitrogens with zero attached hydrogens (tertiary/aromatic N) is 4. The molecule has 0 bridgehead atoms. The van der Waals surface area contributed by atoms with Crippen molar-refractivity contribution in [3.05, 3.63) is 89.0 Å². The first kappa shape index (κ1) is 41.4. The van der Waals surface area contributed by atoms with E-state index in [9.17, 15) is 24.3 Å². The number of carbonyl (C=O) groups is 4. The normalized spacial score (nSPS) is 26.7. The van der Waals surface area contributed by atoms with Crippen LogP contribution in [0.4, 0.5) is 17.1 Å². The predicted octanol–water partition coefficient (Wildman–Crippen LogP) is 6.96. The standard InChI is InChI=1S/C47H60N4O7Si/c1-32-45(59(2,3)57)41(28-44(55)50-30-35-15-11-10-14-34(35)26-38(50)31-52)58-47(32)39-27-37(49-25-13-7-5-9-17-43(49)54)22-23-40(39)51(46(47)56)29-33-18-20-36(21-19-33)48-24-12-6-4-8-16-42(48)53/h10-11,14-15,18-23,27,32,38,41,45,52,57H,4-9,12-13,16-17,24-26,28-31H2,1-3H3/t32-,38+,41+,45-,47+/m1/s1. The largest absolute Gasteiger partial charge is 0.432 e. The molecule has 0 unspecified atom stereocenters. The van der Waals surface area contributed by atoms with Crippen molar-refractivity contribution in [3.63, 3.8) is 0 Å². The molecule has 5 atom stereocenters. The molecular formula is C47H60N4O7Si. The summed E-state index contributed by atoms with van der Waals surface area (Å²) in [6.45, 7) is 7.40. The van der Waals surface area contributed by atoms with Crippen LogP contribution in [0.1, 0.15) is 99.8 Å². The molecule has 5 aliphatic heterocycles. The highest BCUT2D eigenvalue weighted by atomic mass is 28.4. The second-order valence-electron chi connectivity index (χ2n) is 18.1. The molecule has 5 aliphatic rings. The van der Waals surface area contributed by atoms with Crippen LogP contribution < -0.4 is 14.7 Å². The fourth-order valence-electron chi connectivity index (χ4n) is 10.8. The number of hydrogen-bond donors (Lipinski definition) is 2. The molecule has 0 saturated carbocycles. The first-order chi connectivity index (χ1) is 28.4. The van der Waals surface area contributed by atoms with E-state index >= 15 is 4.79 Å². The van der Waals surface area contributed by atoms with E-state index in [4.69, 9.17) is 4.74 Å². The van der Waals surface area contributed by atoms with Crippen LogP contribution in [0.15, 0.2) is 66.7 Å². The molecule has 0 aliphatic carbocycles. The molecule has 5 heterocycles. The van der Waals surface area contributed by atoms with Gasteiger partial charge in [-0.1, -0.05) is 69.0 Å². The molecule has 59 heavy (non-hydrogen) atoms. The summed E-state index contributed by atoms with van der Waals surface area (Å²) in [5.41, 5.74) is 3.97. The smallest absolute Gasteiger partial charge is 0.264 e. The van der Waals surface area contributed by atoms with Crippen molar-refractivity contribution in [3.8, 4) is 0 Å². The van der Waals surface area contributed by atoms with Gasteiger partial charge in [-0.2, -0.15) is 0 Å². The van der Waals surface area contributed by atoms with Crippen molar-refractivity contribution in [1.82, 2.24) is 4.90 Å². The van der Waals surface area contributed by atoms with Crippen LogP contribution in [-0.4, -0.2) is 78.6 Å². The molecule has 2 N–H and O–H groups in total. The molecule has 0 aromatic heterocycles. The van der Waals surface area contributed by atoms with E-state index in [1.54, 1.807) is 9.80 Å². The SMILES string of the molecule is C[C@@H]1[C@@H]([Si](C)(C)O)[C@H](CC(=O)N2Cc3ccccc3C[C@H]2CO)O[C@@]12C(=O)N(Cc1ccc(N3CCCCCCC3=O)cc1)c1ccc(N3CCCCCCC3=O)cc12. The van der Waals surface area contributed by atoms with E-state index in [0.717, 1.165) is 79.4 Å². The Hall–Kier alpha value is -4.36. The number of ether oxygens (including phenoxy) is 1. The number of aliphatic hydroxyl groups is 1. The number of amides is 4. The average molecular weight is 821 g/mol. The van der Waals surface area contributed by atoms with Gasteiger partial charge >= 0.3 is 0 Å². The maximum absolute atomic E-state index is 15.4. The van der Waals surface area contributed by atoms with Crippen LogP contribution in [-0.2, 0) is 49.0 Å². The lowest BCUT2D eigenvalue weighted by Crippen LogP contribution is -2.48. The van der Waals surface area contributed by atoms with Gasteiger partial charge in [0.25, 0.3) is 5.91 Å². The fourth-order valence-corrected chi connectivity index (χ4v) is 13.3. The minimum absolute atomic E-state index is 0.0456. The van der Waals surface area contributed by atoms with Crippen molar-refractivity contribution in [2.24, 2.45) is 5.92 Å². The van der Waals surface area contributed by atoms with Gasteiger partial charge in [0, 0.05) is 60.9 Å². The quantitative estimate of drug-likeness (QED) is 0.235. The zero-order valence-electron chi connectivity index (χ0n) is 34.9. The van der Waals surface area contributed by atoms with Gasteiger partial charge in [0.05, 0.1) is 37.4 Å². The summed E-state index contributed by atoms with van der Waals surface area (Å²) in [6.07, 6.45) is 8.60. The topological polar surface area (TPSA) is 131 Å². The third-order valence-electron chi connectivity index (χ3n) is 13.8. The number of carbonyl (C=O) groups excluding carboxylic acids is 4. The summed E-state index contributed by atoms with van der Waals surface area (Å²) in [6, 6.07) is 21.3. The van der Waals surface area contributed by atoms with Crippen molar-refractivity contribution < 1.29 is 33.8 Å². The van der Waals surface area contributed by atoms with E-state index in [1.165, 1.54) is 0 Å². The number of benzene rings is 3. The Labute approximate surface area is 349 Å². The Kier molecular flexibility index (Phi) is 11.9. The lowest BCUT2D eigenvalue weighted by atomic mass is 9.82. The van der Waals surface area contributed by atoms with Gasteiger partial charge in [0.15, 0.2) is 13.9 Å². The maximum atomic E-state index is 15.4. The molecule has 12 heteroatoms. The third kappa shape index (κ3) is 7.89. The van der Waals surface area contributed by atoms with Crippen LogP contribution in [0, 0.1) is 5.92 Å². The number of anilines is 3.